The van der Waals surface area contributed by atoms with Crippen LogP contribution in [0.2, 0.25) is 0 Å². The van der Waals surface area contributed by atoms with Crippen LogP contribution in [0.3, 0.4) is 0 Å². The molecule has 0 unspecified atom stereocenters. The lowest BCUT2D eigenvalue weighted by Crippen LogP contribution is -2.05. The van der Waals surface area contributed by atoms with Crippen molar-refractivity contribution in [2.45, 2.75) is 6.42 Å². The molecule has 0 aliphatic carbocycles. The van der Waals surface area contributed by atoms with Gasteiger partial charge in [-0.1, -0.05) is 43.0 Å². The smallest absolute Gasteiger partial charge is 0.00172 e. The molecule has 1 aromatic carbocycles. The summed E-state index contributed by atoms with van der Waals surface area (Å²) in [6.45, 7) is 4.77. The number of rotatable bonds is 5. The van der Waals surface area contributed by atoms with E-state index in [0.717, 1.165) is 13.0 Å². The summed E-state index contributed by atoms with van der Waals surface area (Å²) in [7, 11) is 1.96. The molecule has 0 bridgehead atoms. The quantitative estimate of drug-likeness (QED) is 0.699. The van der Waals surface area contributed by atoms with Crippen molar-refractivity contribution in [2.75, 3.05) is 13.6 Å². The number of hydrogen-bond acceptors (Lipinski definition) is 1. The maximum absolute atomic E-state index is 3.75. The van der Waals surface area contributed by atoms with Gasteiger partial charge in [-0.05, 0) is 37.2 Å². The van der Waals surface area contributed by atoms with Crippen LogP contribution in [0, 0.1) is 0 Å². The Balaban J connectivity index is 2.57. The minimum absolute atomic E-state index is 1.03. The standard InChI is InChI=1S/C13H17N/c1-3-12-8-6-9-13(11-12)7-4-5-10-14-2/h3-4,6-9,11,14H,1,5,10H2,2H3. The van der Waals surface area contributed by atoms with E-state index in [2.05, 4.69) is 48.3 Å². The van der Waals surface area contributed by atoms with Crippen LogP contribution in [0.1, 0.15) is 17.5 Å². The molecular weight excluding hydrogens is 170 g/mol. The van der Waals surface area contributed by atoms with Gasteiger partial charge in [-0.15, -0.1) is 0 Å². The fraction of sp³-hybridized carbons (Fsp3) is 0.231. The molecular formula is C13H17N. The Morgan fingerprint density at radius 2 is 2.14 bits per heavy atom. The van der Waals surface area contributed by atoms with E-state index in [1.54, 1.807) is 0 Å². The third-order valence-electron chi connectivity index (χ3n) is 2.02. The highest BCUT2D eigenvalue weighted by Gasteiger charge is 1.87. The average Bonchev–Trinajstić information content (AvgIpc) is 2.25. The van der Waals surface area contributed by atoms with Gasteiger partial charge in [-0.2, -0.15) is 0 Å². The second-order valence-electron chi connectivity index (χ2n) is 3.17. The maximum atomic E-state index is 3.75. The fourth-order valence-electron chi connectivity index (χ4n) is 1.24. The summed E-state index contributed by atoms with van der Waals surface area (Å²) in [6, 6.07) is 8.33. The van der Waals surface area contributed by atoms with E-state index in [0.29, 0.717) is 0 Å². The van der Waals surface area contributed by atoms with Gasteiger partial charge in [0.05, 0.1) is 0 Å². The van der Waals surface area contributed by atoms with Crippen molar-refractivity contribution in [1.29, 1.82) is 0 Å². The van der Waals surface area contributed by atoms with Crippen molar-refractivity contribution in [1.82, 2.24) is 5.32 Å². The predicted molar refractivity (Wildman–Crippen MR) is 64.1 cm³/mol. The number of benzene rings is 1. The maximum Gasteiger partial charge on any atom is -0.00172 e. The zero-order valence-electron chi connectivity index (χ0n) is 8.66. The zero-order chi connectivity index (χ0) is 10.2. The molecule has 74 valence electrons. The molecule has 0 heterocycles. The summed E-state index contributed by atoms with van der Waals surface area (Å²) >= 11 is 0. The van der Waals surface area contributed by atoms with E-state index in [1.807, 2.05) is 13.1 Å². The largest absolute Gasteiger partial charge is 0.319 e. The highest BCUT2D eigenvalue weighted by molar-refractivity contribution is 5.56. The molecule has 0 amide bonds. The Morgan fingerprint density at radius 1 is 1.36 bits per heavy atom. The molecule has 0 saturated heterocycles. The van der Waals surface area contributed by atoms with Gasteiger partial charge in [0.15, 0.2) is 0 Å². The minimum atomic E-state index is 1.03. The third-order valence-corrected chi connectivity index (χ3v) is 2.02. The second-order valence-corrected chi connectivity index (χ2v) is 3.17. The normalized spacial score (nSPS) is 10.6. The van der Waals surface area contributed by atoms with Crippen LogP contribution in [-0.4, -0.2) is 13.6 Å². The first-order valence-corrected chi connectivity index (χ1v) is 4.90. The van der Waals surface area contributed by atoms with Crippen molar-refractivity contribution in [3.05, 3.63) is 48.0 Å². The molecule has 0 saturated carbocycles. The van der Waals surface area contributed by atoms with Gasteiger partial charge in [-0.3, -0.25) is 0 Å². The second kappa shape index (κ2) is 6.17. The summed E-state index contributed by atoms with van der Waals surface area (Å²) in [4.78, 5) is 0. The van der Waals surface area contributed by atoms with Gasteiger partial charge >= 0.3 is 0 Å². The van der Waals surface area contributed by atoms with E-state index in [9.17, 15) is 0 Å². The first kappa shape index (κ1) is 10.7. The first-order chi connectivity index (χ1) is 6.86. The van der Waals surface area contributed by atoms with Crippen molar-refractivity contribution in [3.63, 3.8) is 0 Å². The molecule has 0 radical (unpaired) electrons. The van der Waals surface area contributed by atoms with Crippen molar-refractivity contribution < 1.29 is 0 Å². The molecule has 0 aliphatic heterocycles. The minimum Gasteiger partial charge on any atom is -0.319 e. The zero-order valence-corrected chi connectivity index (χ0v) is 8.66. The van der Waals surface area contributed by atoms with Crippen LogP contribution < -0.4 is 5.32 Å². The Bertz CT molecular complexity index is 313. The molecule has 0 spiro atoms. The number of hydrogen-bond donors (Lipinski definition) is 1. The van der Waals surface area contributed by atoms with E-state index in [-0.39, 0.29) is 0 Å². The highest BCUT2D eigenvalue weighted by atomic mass is 14.8. The molecule has 0 aromatic heterocycles. The summed E-state index contributed by atoms with van der Waals surface area (Å²) in [5.74, 6) is 0. The predicted octanol–water partition coefficient (Wildman–Crippen LogP) is 2.95. The topological polar surface area (TPSA) is 12.0 Å². The molecule has 1 nitrogen and oxygen atoms in total. The summed E-state index contributed by atoms with van der Waals surface area (Å²) in [5, 5.41) is 3.11. The summed E-state index contributed by atoms with van der Waals surface area (Å²) in [6.07, 6.45) is 7.25. The highest BCUT2D eigenvalue weighted by Crippen LogP contribution is 2.08. The van der Waals surface area contributed by atoms with E-state index >= 15 is 0 Å². The van der Waals surface area contributed by atoms with E-state index in [4.69, 9.17) is 0 Å². The van der Waals surface area contributed by atoms with E-state index in [1.165, 1.54) is 11.1 Å². The molecule has 0 atom stereocenters. The van der Waals surface area contributed by atoms with Crippen LogP contribution in [0.25, 0.3) is 12.2 Å². The Hall–Kier alpha value is -1.34. The van der Waals surface area contributed by atoms with Crippen LogP contribution in [0.15, 0.2) is 36.9 Å². The molecule has 0 fully saturated rings. The van der Waals surface area contributed by atoms with Gasteiger partial charge < -0.3 is 5.32 Å². The lowest BCUT2D eigenvalue weighted by Gasteiger charge is -1.96. The van der Waals surface area contributed by atoms with Crippen LogP contribution in [0.5, 0.6) is 0 Å². The Morgan fingerprint density at radius 3 is 2.86 bits per heavy atom. The monoisotopic (exact) mass is 187 g/mol. The Labute approximate surface area is 86.2 Å². The number of nitrogens with one attached hydrogen (secondary N) is 1. The summed E-state index contributed by atoms with van der Waals surface area (Å²) in [5.41, 5.74) is 2.40. The molecule has 1 aromatic rings. The van der Waals surface area contributed by atoms with Crippen LogP contribution in [-0.2, 0) is 0 Å². The van der Waals surface area contributed by atoms with Gasteiger partial charge in [-0.25, -0.2) is 0 Å². The lowest BCUT2D eigenvalue weighted by atomic mass is 10.1. The SMILES string of the molecule is C=Cc1cccc(C=CCCNC)c1. The first-order valence-electron chi connectivity index (χ1n) is 4.90. The molecule has 1 heteroatoms. The summed E-state index contributed by atoms with van der Waals surface area (Å²) < 4.78 is 0. The van der Waals surface area contributed by atoms with Crippen LogP contribution in [0.4, 0.5) is 0 Å². The molecule has 0 aliphatic rings. The fourth-order valence-corrected chi connectivity index (χ4v) is 1.24. The van der Waals surface area contributed by atoms with Crippen LogP contribution >= 0.6 is 0 Å². The van der Waals surface area contributed by atoms with Gasteiger partial charge in [0.25, 0.3) is 0 Å². The Kier molecular flexibility index (Phi) is 4.73. The lowest BCUT2D eigenvalue weighted by molar-refractivity contribution is 0.809. The van der Waals surface area contributed by atoms with E-state index < -0.39 is 0 Å². The van der Waals surface area contributed by atoms with Gasteiger partial charge in [0, 0.05) is 0 Å². The van der Waals surface area contributed by atoms with Gasteiger partial charge in [0.1, 0.15) is 0 Å². The van der Waals surface area contributed by atoms with Gasteiger partial charge in [0.2, 0.25) is 0 Å². The van der Waals surface area contributed by atoms with Crippen molar-refractivity contribution in [2.24, 2.45) is 0 Å². The molecule has 1 rings (SSSR count). The third kappa shape index (κ3) is 3.58. The van der Waals surface area contributed by atoms with Crippen molar-refractivity contribution in [3.8, 4) is 0 Å². The van der Waals surface area contributed by atoms with Crippen molar-refractivity contribution >= 4 is 12.2 Å². The molecule has 1 N–H and O–H groups in total. The average molecular weight is 187 g/mol. The molecule has 14 heavy (non-hydrogen) atoms.